The maximum Gasteiger partial charge on any atom is 0.163 e. The first-order chi connectivity index (χ1) is 10.8. The van der Waals surface area contributed by atoms with Gasteiger partial charge in [-0.15, -0.1) is 0 Å². The highest BCUT2D eigenvalue weighted by molar-refractivity contribution is 6.37. The number of imidazole rings is 1. The molecule has 1 aliphatic rings. The third kappa shape index (κ3) is 3.15. The van der Waals surface area contributed by atoms with E-state index in [4.69, 9.17) is 27.9 Å². The van der Waals surface area contributed by atoms with Crippen molar-refractivity contribution in [3.63, 3.8) is 0 Å². The molecule has 2 unspecified atom stereocenters. The normalized spacial score (nSPS) is 25.0. The van der Waals surface area contributed by atoms with E-state index in [1.54, 1.807) is 26.2 Å². The highest BCUT2D eigenvalue weighted by Crippen LogP contribution is 2.40. The maximum atomic E-state index is 9.99. The van der Waals surface area contributed by atoms with Gasteiger partial charge in [-0.3, -0.25) is 0 Å². The molecule has 8 heteroatoms. The van der Waals surface area contributed by atoms with Gasteiger partial charge in [-0.25, -0.2) is 9.97 Å². The molecular weight excluding hydrogens is 339 g/mol. The molecule has 1 aliphatic carbocycles. The van der Waals surface area contributed by atoms with Crippen molar-refractivity contribution in [3.8, 4) is 6.07 Å². The Morgan fingerprint density at radius 1 is 1.43 bits per heavy atom. The second-order valence-corrected chi connectivity index (χ2v) is 6.95. The molecular formula is C15H16Cl2N4O2. The maximum absolute atomic E-state index is 9.99. The Bertz CT molecular complexity index is 778. The van der Waals surface area contributed by atoms with Crippen LogP contribution in [-0.2, 0) is 4.74 Å². The van der Waals surface area contributed by atoms with E-state index >= 15 is 0 Å². The van der Waals surface area contributed by atoms with Crippen molar-refractivity contribution in [3.05, 3.63) is 22.6 Å². The van der Waals surface area contributed by atoms with Gasteiger partial charge in [-0.05, 0) is 32.8 Å². The molecule has 6 nitrogen and oxygen atoms in total. The summed E-state index contributed by atoms with van der Waals surface area (Å²) in [5, 5.41) is 20.1. The van der Waals surface area contributed by atoms with Crippen LogP contribution in [0.4, 0.5) is 0 Å². The van der Waals surface area contributed by atoms with Crippen molar-refractivity contribution in [1.29, 1.82) is 5.26 Å². The molecule has 0 aromatic carbocycles. The van der Waals surface area contributed by atoms with Crippen LogP contribution < -0.4 is 0 Å². The van der Waals surface area contributed by atoms with Crippen LogP contribution in [-0.4, -0.2) is 31.5 Å². The number of aliphatic hydroxyl groups is 1. The first-order valence-corrected chi connectivity index (χ1v) is 8.04. The summed E-state index contributed by atoms with van der Waals surface area (Å²) in [5.74, 6) is -1.64. The number of nitriles is 1. The lowest BCUT2D eigenvalue weighted by Gasteiger charge is -2.29. The molecule has 0 spiro atoms. The van der Waals surface area contributed by atoms with E-state index in [2.05, 4.69) is 16.0 Å². The number of halogens is 2. The van der Waals surface area contributed by atoms with Gasteiger partial charge in [0.25, 0.3) is 0 Å². The Hall–Kier alpha value is -1.39. The van der Waals surface area contributed by atoms with Gasteiger partial charge >= 0.3 is 0 Å². The minimum atomic E-state index is -1.33. The highest BCUT2D eigenvalue weighted by Gasteiger charge is 2.41. The number of aromatic nitrogens is 3. The Balaban J connectivity index is 2.05. The molecule has 122 valence electrons. The van der Waals surface area contributed by atoms with Gasteiger partial charge in [0.05, 0.1) is 35.5 Å². The SMILES string of the molecule is CC(C)(O)O[C@H]1C(C#N)CCC1n1cnc2c(Cl)cc(Cl)nc21. The summed E-state index contributed by atoms with van der Waals surface area (Å²) in [7, 11) is 0. The van der Waals surface area contributed by atoms with Gasteiger partial charge in [0.1, 0.15) is 10.7 Å². The number of hydrogen-bond donors (Lipinski definition) is 1. The fourth-order valence-electron chi connectivity index (χ4n) is 3.06. The van der Waals surface area contributed by atoms with Crippen LogP contribution in [0.2, 0.25) is 10.2 Å². The highest BCUT2D eigenvalue weighted by atomic mass is 35.5. The van der Waals surface area contributed by atoms with Crippen molar-refractivity contribution >= 4 is 34.4 Å². The zero-order valence-corrected chi connectivity index (χ0v) is 14.2. The standard InChI is InChI=1S/C15H16Cl2N4O2/c1-15(2,22)23-13-8(6-18)3-4-10(13)21-7-19-12-9(16)5-11(17)20-14(12)21/h5,7-8,10,13,22H,3-4H2,1-2H3/t8?,10?,13-/m0/s1. The van der Waals surface area contributed by atoms with E-state index in [9.17, 15) is 10.4 Å². The fourth-order valence-corrected chi connectivity index (χ4v) is 3.54. The molecule has 23 heavy (non-hydrogen) atoms. The van der Waals surface area contributed by atoms with Crippen molar-refractivity contribution in [2.45, 2.75) is 44.6 Å². The summed E-state index contributed by atoms with van der Waals surface area (Å²) in [6.07, 6.45) is 2.56. The van der Waals surface area contributed by atoms with Crippen molar-refractivity contribution in [2.75, 3.05) is 0 Å². The van der Waals surface area contributed by atoms with Crippen LogP contribution in [0.1, 0.15) is 32.7 Å². The minimum absolute atomic E-state index is 0.168. The van der Waals surface area contributed by atoms with Gasteiger partial charge in [0, 0.05) is 0 Å². The van der Waals surface area contributed by atoms with Gasteiger partial charge < -0.3 is 14.4 Å². The van der Waals surface area contributed by atoms with E-state index in [0.717, 1.165) is 6.42 Å². The van der Waals surface area contributed by atoms with Crippen molar-refractivity contribution in [1.82, 2.24) is 14.5 Å². The Labute approximate surface area is 143 Å². The Morgan fingerprint density at radius 2 is 2.17 bits per heavy atom. The van der Waals surface area contributed by atoms with E-state index < -0.39 is 11.9 Å². The van der Waals surface area contributed by atoms with E-state index in [1.807, 2.05) is 4.57 Å². The summed E-state index contributed by atoms with van der Waals surface area (Å²) < 4.78 is 7.57. The Kier molecular flexibility index (Phi) is 4.23. The largest absolute Gasteiger partial charge is 0.366 e. The molecule has 3 rings (SSSR count). The Morgan fingerprint density at radius 3 is 2.83 bits per heavy atom. The summed E-state index contributed by atoms with van der Waals surface area (Å²) in [6.45, 7) is 3.10. The third-order valence-corrected chi connectivity index (χ3v) is 4.43. The molecule has 1 saturated carbocycles. The number of hydrogen-bond acceptors (Lipinski definition) is 5. The number of ether oxygens (including phenoxy) is 1. The lowest BCUT2D eigenvalue weighted by molar-refractivity contribution is -0.215. The molecule has 0 amide bonds. The fraction of sp³-hybridized carbons (Fsp3) is 0.533. The second kappa shape index (κ2) is 5.91. The van der Waals surface area contributed by atoms with E-state index in [1.165, 1.54) is 0 Å². The quantitative estimate of drug-likeness (QED) is 0.674. The zero-order chi connectivity index (χ0) is 16.8. The third-order valence-electron chi connectivity index (χ3n) is 3.95. The number of pyridine rings is 1. The van der Waals surface area contributed by atoms with Crippen LogP contribution in [0.15, 0.2) is 12.4 Å². The molecule has 3 atom stereocenters. The molecule has 0 radical (unpaired) electrons. The van der Waals surface area contributed by atoms with E-state index in [-0.39, 0.29) is 17.1 Å². The number of rotatable bonds is 3. The summed E-state index contributed by atoms with van der Waals surface area (Å²) in [5.41, 5.74) is 1.11. The van der Waals surface area contributed by atoms with Crippen LogP contribution >= 0.6 is 23.2 Å². The van der Waals surface area contributed by atoms with Gasteiger partial charge in [0.15, 0.2) is 11.4 Å². The van der Waals surface area contributed by atoms with Gasteiger partial charge in [-0.2, -0.15) is 5.26 Å². The first-order valence-electron chi connectivity index (χ1n) is 7.28. The smallest absolute Gasteiger partial charge is 0.163 e. The zero-order valence-electron chi connectivity index (χ0n) is 12.7. The summed E-state index contributed by atoms with van der Waals surface area (Å²) in [4.78, 5) is 8.60. The average molecular weight is 355 g/mol. The molecule has 2 aromatic rings. The lowest BCUT2D eigenvalue weighted by Crippen LogP contribution is -2.36. The number of nitrogens with zero attached hydrogens (tertiary/aromatic N) is 4. The molecule has 2 heterocycles. The van der Waals surface area contributed by atoms with Crippen molar-refractivity contribution in [2.24, 2.45) is 5.92 Å². The second-order valence-electron chi connectivity index (χ2n) is 6.16. The van der Waals surface area contributed by atoms with Crippen LogP contribution in [0.25, 0.3) is 11.2 Å². The average Bonchev–Trinajstić information content (AvgIpc) is 3.00. The molecule has 1 fully saturated rings. The number of fused-ring (bicyclic) bond motifs is 1. The van der Waals surface area contributed by atoms with Crippen LogP contribution in [0.3, 0.4) is 0 Å². The van der Waals surface area contributed by atoms with Gasteiger partial charge in [-0.1, -0.05) is 23.2 Å². The molecule has 1 N–H and O–H groups in total. The summed E-state index contributed by atoms with van der Waals surface area (Å²) in [6, 6.07) is 3.63. The summed E-state index contributed by atoms with van der Waals surface area (Å²) >= 11 is 12.2. The van der Waals surface area contributed by atoms with E-state index in [0.29, 0.717) is 22.6 Å². The van der Waals surface area contributed by atoms with Gasteiger partial charge in [0.2, 0.25) is 0 Å². The van der Waals surface area contributed by atoms with Crippen molar-refractivity contribution < 1.29 is 9.84 Å². The monoisotopic (exact) mass is 354 g/mol. The predicted octanol–water partition coefficient (Wildman–Crippen LogP) is 3.33. The molecule has 0 aliphatic heterocycles. The van der Waals surface area contributed by atoms with Crippen LogP contribution in [0.5, 0.6) is 0 Å². The molecule has 0 saturated heterocycles. The first kappa shape index (κ1) is 16.5. The minimum Gasteiger partial charge on any atom is -0.366 e. The molecule has 2 aromatic heterocycles. The predicted molar refractivity (Wildman–Crippen MR) is 86.1 cm³/mol. The van der Waals surface area contributed by atoms with Crippen LogP contribution in [0, 0.1) is 17.2 Å². The molecule has 0 bridgehead atoms. The topological polar surface area (TPSA) is 84.0 Å². The lowest BCUT2D eigenvalue weighted by atomic mass is 10.1.